The van der Waals surface area contributed by atoms with Crippen LogP contribution in [0.4, 0.5) is 5.69 Å². The number of piperazine rings is 1. The number of halogens is 1. The number of benzene rings is 2. The summed E-state index contributed by atoms with van der Waals surface area (Å²) in [5.41, 5.74) is 2.44. The van der Waals surface area contributed by atoms with E-state index in [4.69, 9.17) is 21.1 Å². The van der Waals surface area contributed by atoms with E-state index in [1.807, 2.05) is 24.3 Å². The lowest BCUT2D eigenvalue weighted by atomic mass is 10.1. The Bertz CT molecular complexity index is 685. The van der Waals surface area contributed by atoms with E-state index in [0.29, 0.717) is 0 Å². The van der Waals surface area contributed by atoms with Gasteiger partial charge in [0.25, 0.3) is 0 Å². The summed E-state index contributed by atoms with van der Waals surface area (Å²) in [5, 5.41) is 0.792. The molecule has 3 rings (SSSR count). The number of ether oxygens (including phenoxy) is 2. The van der Waals surface area contributed by atoms with Gasteiger partial charge in [0.2, 0.25) is 0 Å². The summed E-state index contributed by atoms with van der Waals surface area (Å²) in [7, 11) is 3.33. The van der Waals surface area contributed by atoms with Crippen LogP contribution in [0.1, 0.15) is 5.56 Å². The fourth-order valence-corrected chi connectivity index (χ4v) is 3.26. The van der Waals surface area contributed by atoms with E-state index < -0.39 is 0 Å². The summed E-state index contributed by atoms with van der Waals surface area (Å²) in [6, 6.07) is 14.2. The first-order valence-corrected chi connectivity index (χ1v) is 8.51. The fraction of sp³-hybridized carbons (Fsp3) is 0.368. The molecule has 0 N–H and O–H groups in total. The molecule has 0 saturated carbocycles. The van der Waals surface area contributed by atoms with E-state index in [1.165, 1.54) is 11.3 Å². The molecule has 1 aliphatic heterocycles. The minimum atomic E-state index is 0.770. The summed E-state index contributed by atoms with van der Waals surface area (Å²) in [6.45, 7) is 4.99. The average molecular weight is 347 g/mol. The second-order valence-corrected chi connectivity index (χ2v) is 6.37. The van der Waals surface area contributed by atoms with Gasteiger partial charge in [-0.25, -0.2) is 0 Å². The third kappa shape index (κ3) is 3.94. The maximum absolute atomic E-state index is 6.09. The zero-order valence-corrected chi connectivity index (χ0v) is 14.9. The van der Waals surface area contributed by atoms with Gasteiger partial charge in [-0.2, -0.15) is 0 Å². The van der Waals surface area contributed by atoms with Gasteiger partial charge in [0.05, 0.1) is 14.2 Å². The van der Waals surface area contributed by atoms with Crippen LogP contribution >= 0.6 is 11.6 Å². The first-order chi connectivity index (χ1) is 11.7. The zero-order chi connectivity index (χ0) is 16.9. The van der Waals surface area contributed by atoms with E-state index >= 15 is 0 Å². The Labute approximate surface area is 148 Å². The predicted octanol–water partition coefficient (Wildman–Crippen LogP) is 3.68. The van der Waals surface area contributed by atoms with Crippen molar-refractivity contribution in [3.63, 3.8) is 0 Å². The minimum absolute atomic E-state index is 0.770. The van der Waals surface area contributed by atoms with Crippen molar-refractivity contribution in [1.29, 1.82) is 0 Å². The van der Waals surface area contributed by atoms with E-state index in [0.717, 1.165) is 49.2 Å². The van der Waals surface area contributed by atoms with Crippen molar-refractivity contribution >= 4 is 17.3 Å². The number of methoxy groups -OCH3 is 2. The van der Waals surface area contributed by atoms with Crippen LogP contribution in [0, 0.1) is 0 Å². The van der Waals surface area contributed by atoms with Gasteiger partial charge < -0.3 is 14.4 Å². The standard InChI is InChI=1S/C19H23ClN2O2/c1-23-18-7-6-15(12-19(18)24-2)14-21-8-10-22(11-9-21)17-5-3-4-16(20)13-17/h3-7,12-13H,8-11,14H2,1-2H3. The average Bonchev–Trinajstić information content (AvgIpc) is 2.62. The number of hydrogen-bond donors (Lipinski definition) is 0. The predicted molar refractivity (Wildman–Crippen MR) is 98.5 cm³/mol. The van der Waals surface area contributed by atoms with Gasteiger partial charge in [-0.1, -0.05) is 23.7 Å². The molecule has 128 valence electrons. The van der Waals surface area contributed by atoms with Crippen LogP contribution in [0.3, 0.4) is 0 Å². The largest absolute Gasteiger partial charge is 0.493 e. The normalized spacial score (nSPS) is 15.4. The summed E-state index contributed by atoms with van der Waals surface area (Å²) < 4.78 is 10.7. The summed E-state index contributed by atoms with van der Waals surface area (Å²) in [5.74, 6) is 1.56. The van der Waals surface area contributed by atoms with Crippen LogP contribution < -0.4 is 14.4 Å². The minimum Gasteiger partial charge on any atom is -0.493 e. The van der Waals surface area contributed by atoms with Gasteiger partial charge in [0.1, 0.15) is 0 Å². The van der Waals surface area contributed by atoms with Crippen LogP contribution in [0.15, 0.2) is 42.5 Å². The molecule has 0 amide bonds. The van der Waals surface area contributed by atoms with Gasteiger partial charge in [-0.15, -0.1) is 0 Å². The highest BCUT2D eigenvalue weighted by Gasteiger charge is 2.18. The smallest absolute Gasteiger partial charge is 0.161 e. The SMILES string of the molecule is COc1ccc(CN2CCN(c3cccc(Cl)c3)CC2)cc1OC. The lowest BCUT2D eigenvalue weighted by Crippen LogP contribution is -2.45. The molecule has 0 atom stereocenters. The fourth-order valence-electron chi connectivity index (χ4n) is 3.07. The van der Waals surface area contributed by atoms with Crippen molar-refractivity contribution in [1.82, 2.24) is 4.90 Å². The number of nitrogens with zero attached hydrogens (tertiary/aromatic N) is 2. The van der Waals surface area contributed by atoms with Crippen molar-refractivity contribution in [2.75, 3.05) is 45.3 Å². The van der Waals surface area contributed by atoms with Crippen LogP contribution in [0.2, 0.25) is 5.02 Å². The van der Waals surface area contributed by atoms with Crippen molar-refractivity contribution in [3.05, 3.63) is 53.1 Å². The van der Waals surface area contributed by atoms with Gasteiger partial charge in [-0.3, -0.25) is 4.90 Å². The summed E-state index contributed by atoms with van der Waals surface area (Å²) in [6.07, 6.45) is 0. The molecule has 0 spiro atoms. The Morgan fingerprint density at radius 1 is 0.917 bits per heavy atom. The van der Waals surface area contributed by atoms with Crippen LogP contribution in [-0.4, -0.2) is 45.3 Å². The van der Waals surface area contributed by atoms with Gasteiger partial charge in [0.15, 0.2) is 11.5 Å². The molecular weight excluding hydrogens is 324 g/mol. The topological polar surface area (TPSA) is 24.9 Å². The Balaban J connectivity index is 1.59. The van der Waals surface area contributed by atoms with Crippen molar-refractivity contribution in [3.8, 4) is 11.5 Å². The lowest BCUT2D eigenvalue weighted by molar-refractivity contribution is 0.249. The second kappa shape index (κ2) is 7.77. The van der Waals surface area contributed by atoms with Crippen molar-refractivity contribution in [2.45, 2.75) is 6.54 Å². The Morgan fingerprint density at radius 3 is 2.33 bits per heavy atom. The van der Waals surface area contributed by atoms with E-state index in [-0.39, 0.29) is 0 Å². The van der Waals surface area contributed by atoms with Crippen molar-refractivity contribution in [2.24, 2.45) is 0 Å². The second-order valence-electron chi connectivity index (χ2n) is 5.93. The molecule has 1 saturated heterocycles. The number of anilines is 1. The highest BCUT2D eigenvalue weighted by atomic mass is 35.5. The van der Waals surface area contributed by atoms with Gasteiger partial charge in [-0.05, 0) is 35.9 Å². The molecule has 2 aromatic rings. The Hall–Kier alpha value is -1.91. The molecule has 1 fully saturated rings. The van der Waals surface area contributed by atoms with E-state index in [1.54, 1.807) is 14.2 Å². The first kappa shape index (κ1) is 16.9. The highest BCUT2D eigenvalue weighted by Crippen LogP contribution is 2.28. The van der Waals surface area contributed by atoms with Gasteiger partial charge in [0, 0.05) is 43.4 Å². The molecule has 0 aliphatic carbocycles. The molecule has 24 heavy (non-hydrogen) atoms. The molecule has 0 aromatic heterocycles. The quantitative estimate of drug-likeness (QED) is 0.824. The van der Waals surface area contributed by atoms with Crippen molar-refractivity contribution < 1.29 is 9.47 Å². The monoisotopic (exact) mass is 346 g/mol. The van der Waals surface area contributed by atoms with Crippen LogP contribution in [-0.2, 0) is 6.54 Å². The third-order valence-electron chi connectivity index (χ3n) is 4.40. The van der Waals surface area contributed by atoms with E-state index in [2.05, 4.69) is 28.0 Å². The molecule has 0 unspecified atom stereocenters. The first-order valence-electron chi connectivity index (χ1n) is 8.13. The molecule has 1 aliphatic rings. The third-order valence-corrected chi connectivity index (χ3v) is 4.63. The van der Waals surface area contributed by atoms with E-state index in [9.17, 15) is 0 Å². The summed E-state index contributed by atoms with van der Waals surface area (Å²) >= 11 is 6.09. The molecule has 1 heterocycles. The molecular formula is C19H23ClN2O2. The highest BCUT2D eigenvalue weighted by molar-refractivity contribution is 6.30. The maximum atomic E-state index is 6.09. The Morgan fingerprint density at radius 2 is 1.67 bits per heavy atom. The Kier molecular flexibility index (Phi) is 5.48. The molecule has 2 aromatic carbocycles. The number of hydrogen-bond acceptors (Lipinski definition) is 4. The van der Waals surface area contributed by atoms with Crippen LogP contribution in [0.25, 0.3) is 0 Å². The lowest BCUT2D eigenvalue weighted by Gasteiger charge is -2.36. The maximum Gasteiger partial charge on any atom is 0.161 e. The zero-order valence-electron chi connectivity index (χ0n) is 14.2. The van der Waals surface area contributed by atoms with Gasteiger partial charge >= 0.3 is 0 Å². The summed E-state index contributed by atoms with van der Waals surface area (Å²) in [4.78, 5) is 4.85. The molecule has 0 bridgehead atoms. The molecule has 4 nitrogen and oxygen atoms in total. The molecule has 5 heteroatoms. The van der Waals surface area contributed by atoms with Crippen LogP contribution in [0.5, 0.6) is 11.5 Å². The number of rotatable bonds is 5. The molecule has 0 radical (unpaired) electrons.